The van der Waals surface area contributed by atoms with Gasteiger partial charge in [0.25, 0.3) is 11.8 Å². The van der Waals surface area contributed by atoms with Gasteiger partial charge in [0.1, 0.15) is 6.04 Å². The molecule has 0 aromatic heterocycles. The lowest BCUT2D eigenvalue weighted by Crippen LogP contribution is -2.47. The molecule has 6 heteroatoms. The molecule has 1 heterocycles. The van der Waals surface area contributed by atoms with Crippen LogP contribution in [0.15, 0.2) is 24.3 Å². The van der Waals surface area contributed by atoms with Gasteiger partial charge in [-0.1, -0.05) is 26.0 Å². The molecule has 0 aliphatic carbocycles. The van der Waals surface area contributed by atoms with Crippen LogP contribution in [0.4, 0.5) is 0 Å². The largest absolute Gasteiger partial charge is 0.458 e. The van der Waals surface area contributed by atoms with Gasteiger partial charge in [0.05, 0.1) is 11.1 Å². The molecule has 6 nitrogen and oxygen atoms in total. The Bertz CT molecular complexity index is 630. The first-order valence-electron chi connectivity index (χ1n) is 7.46. The Kier molecular flexibility index (Phi) is 4.93. The van der Waals surface area contributed by atoms with Crippen molar-refractivity contribution in [2.24, 2.45) is 5.92 Å². The molecule has 0 saturated carbocycles. The molecular formula is C17H19NO5. The van der Waals surface area contributed by atoms with E-state index in [0.717, 1.165) is 4.90 Å². The SMILES string of the molecule is CC(=O)OCC(=O)[C@H](CC(C)C)N1C(=O)c2ccccc2C1=O. The smallest absolute Gasteiger partial charge is 0.303 e. The van der Waals surface area contributed by atoms with E-state index in [1.165, 1.54) is 6.92 Å². The highest BCUT2D eigenvalue weighted by Gasteiger charge is 2.42. The van der Waals surface area contributed by atoms with Gasteiger partial charge in [-0.3, -0.25) is 24.1 Å². The number of carbonyl (C=O) groups is 4. The fraction of sp³-hybridized carbons (Fsp3) is 0.412. The lowest BCUT2D eigenvalue weighted by molar-refractivity contribution is -0.146. The van der Waals surface area contributed by atoms with E-state index in [4.69, 9.17) is 4.74 Å². The molecular weight excluding hydrogens is 298 g/mol. The maximum Gasteiger partial charge on any atom is 0.303 e. The number of rotatable bonds is 6. The minimum Gasteiger partial charge on any atom is -0.458 e. The molecule has 1 aromatic rings. The lowest BCUT2D eigenvalue weighted by atomic mass is 9.99. The number of ketones is 1. The summed E-state index contributed by atoms with van der Waals surface area (Å²) in [5.41, 5.74) is 0.595. The molecule has 0 saturated heterocycles. The van der Waals surface area contributed by atoms with Crippen LogP contribution in [-0.2, 0) is 14.3 Å². The number of hydrogen-bond donors (Lipinski definition) is 0. The minimum atomic E-state index is -0.929. The van der Waals surface area contributed by atoms with Crippen LogP contribution >= 0.6 is 0 Å². The van der Waals surface area contributed by atoms with Crippen LogP contribution in [0.25, 0.3) is 0 Å². The van der Waals surface area contributed by atoms with Crippen molar-refractivity contribution < 1.29 is 23.9 Å². The van der Waals surface area contributed by atoms with Gasteiger partial charge in [-0.25, -0.2) is 0 Å². The van der Waals surface area contributed by atoms with Gasteiger partial charge in [-0.05, 0) is 24.5 Å². The zero-order valence-corrected chi connectivity index (χ0v) is 13.4. The standard InChI is InChI=1S/C17H19NO5/c1-10(2)8-14(15(20)9-23-11(3)19)18-16(21)12-6-4-5-7-13(12)17(18)22/h4-7,10,14H,8-9H2,1-3H3/t14-/m0/s1. The first-order chi connectivity index (χ1) is 10.8. The van der Waals surface area contributed by atoms with Crippen LogP contribution < -0.4 is 0 Å². The zero-order chi connectivity index (χ0) is 17.1. The Morgan fingerprint density at radius 1 is 1.09 bits per heavy atom. The number of Topliss-reactive ketones (excluding diaryl/α,β-unsaturated/α-hetero) is 1. The van der Waals surface area contributed by atoms with Crippen LogP contribution in [-0.4, -0.2) is 41.1 Å². The summed E-state index contributed by atoms with van der Waals surface area (Å²) in [7, 11) is 0. The number of carbonyl (C=O) groups excluding carboxylic acids is 4. The quantitative estimate of drug-likeness (QED) is 0.590. The van der Waals surface area contributed by atoms with Gasteiger partial charge in [-0.15, -0.1) is 0 Å². The molecule has 0 spiro atoms. The van der Waals surface area contributed by atoms with Crippen molar-refractivity contribution in [1.29, 1.82) is 0 Å². The number of hydrogen-bond acceptors (Lipinski definition) is 5. The van der Waals surface area contributed by atoms with Gasteiger partial charge in [-0.2, -0.15) is 0 Å². The average molecular weight is 317 g/mol. The molecule has 0 radical (unpaired) electrons. The Labute approximate surface area is 134 Å². The zero-order valence-electron chi connectivity index (χ0n) is 13.4. The van der Waals surface area contributed by atoms with E-state index < -0.39 is 36.2 Å². The van der Waals surface area contributed by atoms with E-state index in [0.29, 0.717) is 17.5 Å². The number of fused-ring (bicyclic) bond motifs is 1. The average Bonchev–Trinajstić information content (AvgIpc) is 2.74. The van der Waals surface area contributed by atoms with E-state index in [1.54, 1.807) is 24.3 Å². The maximum atomic E-state index is 12.5. The highest BCUT2D eigenvalue weighted by atomic mass is 16.5. The fourth-order valence-electron chi connectivity index (χ4n) is 2.59. The minimum absolute atomic E-state index is 0.0885. The van der Waals surface area contributed by atoms with Crippen molar-refractivity contribution in [1.82, 2.24) is 4.90 Å². The van der Waals surface area contributed by atoms with Crippen LogP contribution in [0.3, 0.4) is 0 Å². The second-order valence-corrected chi connectivity index (χ2v) is 5.92. The summed E-state index contributed by atoms with van der Waals surface area (Å²) in [5.74, 6) is -1.90. The Morgan fingerprint density at radius 2 is 1.61 bits per heavy atom. The molecule has 1 aliphatic heterocycles. The molecule has 1 atom stereocenters. The third-order valence-corrected chi connectivity index (χ3v) is 3.62. The van der Waals surface area contributed by atoms with E-state index in [1.807, 2.05) is 13.8 Å². The first-order valence-corrected chi connectivity index (χ1v) is 7.46. The monoisotopic (exact) mass is 317 g/mol. The molecule has 0 unspecified atom stereocenters. The van der Waals surface area contributed by atoms with Gasteiger partial charge in [0.15, 0.2) is 12.4 Å². The molecule has 0 fully saturated rings. The lowest BCUT2D eigenvalue weighted by Gasteiger charge is -2.26. The van der Waals surface area contributed by atoms with Crippen LogP contribution in [0.5, 0.6) is 0 Å². The van der Waals surface area contributed by atoms with Gasteiger partial charge in [0, 0.05) is 6.92 Å². The first kappa shape index (κ1) is 16.9. The molecule has 122 valence electrons. The summed E-state index contributed by atoms with van der Waals surface area (Å²) in [4.78, 5) is 49.3. The molecule has 2 amide bonds. The van der Waals surface area contributed by atoms with Gasteiger partial charge >= 0.3 is 5.97 Å². The molecule has 1 aliphatic rings. The van der Waals surface area contributed by atoms with E-state index in [-0.39, 0.29) is 5.92 Å². The predicted molar refractivity (Wildman–Crippen MR) is 81.8 cm³/mol. The Hall–Kier alpha value is -2.50. The Morgan fingerprint density at radius 3 is 2.04 bits per heavy atom. The topological polar surface area (TPSA) is 80.8 Å². The molecule has 23 heavy (non-hydrogen) atoms. The maximum absolute atomic E-state index is 12.5. The summed E-state index contributed by atoms with van der Waals surface area (Å²) >= 11 is 0. The van der Waals surface area contributed by atoms with Crippen molar-refractivity contribution in [3.63, 3.8) is 0 Å². The number of nitrogens with zero attached hydrogens (tertiary/aromatic N) is 1. The molecule has 2 rings (SSSR count). The summed E-state index contributed by atoms with van der Waals surface area (Å²) in [6, 6.07) is 5.55. The summed E-state index contributed by atoms with van der Waals surface area (Å²) in [6.07, 6.45) is 0.325. The van der Waals surface area contributed by atoms with Crippen molar-refractivity contribution in [3.05, 3.63) is 35.4 Å². The second-order valence-electron chi connectivity index (χ2n) is 5.92. The Balaban J connectivity index is 2.30. The van der Waals surface area contributed by atoms with Crippen LogP contribution in [0.2, 0.25) is 0 Å². The van der Waals surface area contributed by atoms with Crippen molar-refractivity contribution in [2.75, 3.05) is 6.61 Å². The van der Waals surface area contributed by atoms with Crippen LogP contribution in [0.1, 0.15) is 47.9 Å². The van der Waals surface area contributed by atoms with Gasteiger partial charge < -0.3 is 4.74 Å². The summed E-state index contributed by atoms with van der Waals surface area (Å²) < 4.78 is 4.74. The van der Waals surface area contributed by atoms with E-state index in [2.05, 4.69) is 0 Å². The highest BCUT2D eigenvalue weighted by Crippen LogP contribution is 2.27. The summed E-state index contributed by atoms with van der Waals surface area (Å²) in [6.45, 7) is 4.54. The third kappa shape index (κ3) is 3.47. The van der Waals surface area contributed by atoms with Crippen molar-refractivity contribution >= 4 is 23.6 Å². The molecule has 0 bridgehead atoms. The fourth-order valence-corrected chi connectivity index (χ4v) is 2.59. The second kappa shape index (κ2) is 6.73. The van der Waals surface area contributed by atoms with Crippen molar-refractivity contribution in [3.8, 4) is 0 Å². The van der Waals surface area contributed by atoms with E-state index in [9.17, 15) is 19.2 Å². The normalized spacial score (nSPS) is 14.9. The van der Waals surface area contributed by atoms with Crippen LogP contribution in [0, 0.1) is 5.92 Å². The number of esters is 1. The number of ether oxygens (including phenoxy) is 1. The molecule has 1 aromatic carbocycles. The highest BCUT2D eigenvalue weighted by molar-refractivity contribution is 6.23. The van der Waals surface area contributed by atoms with Gasteiger partial charge in [0.2, 0.25) is 0 Å². The third-order valence-electron chi connectivity index (χ3n) is 3.62. The molecule has 0 N–H and O–H groups in total. The summed E-state index contributed by atoms with van der Waals surface area (Å²) in [5, 5.41) is 0. The van der Waals surface area contributed by atoms with E-state index >= 15 is 0 Å². The predicted octanol–water partition coefficient (Wildman–Crippen LogP) is 1.83. The number of benzene rings is 1. The van der Waals surface area contributed by atoms with Crippen molar-refractivity contribution in [2.45, 2.75) is 33.2 Å². The number of amides is 2. The number of imide groups is 1.